The summed E-state index contributed by atoms with van der Waals surface area (Å²) < 4.78 is 43.7. The molecule has 0 aliphatic rings. The maximum absolute atomic E-state index is 8.74. The zero-order chi connectivity index (χ0) is 17.9. The van der Waals surface area contributed by atoms with Crippen LogP contribution in [0.15, 0.2) is 0 Å². The first-order valence-electron chi connectivity index (χ1n) is 3.26. The molecule has 15 nitrogen and oxygen atoms in total. The summed E-state index contributed by atoms with van der Waals surface area (Å²) in [5.41, 5.74) is 0. The molecule has 0 heterocycles. The molecule has 0 aliphatic carbocycles. The number of hydrogen-bond acceptors (Lipinski definition) is 5. The Kier molecular flexibility index (Phi) is 93.9. The molecular formula is H13Na3O15Si5. The molecule has 0 saturated carbocycles. The zero-order valence-corrected chi connectivity index (χ0v) is 14.0. The van der Waals surface area contributed by atoms with E-state index >= 15 is 0 Å². The van der Waals surface area contributed by atoms with Crippen LogP contribution in [0, 0.1) is 0 Å². The molecule has 0 aliphatic heterocycles. The fraction of sp³-hybridized carbons (Fsp3) is 0. The van der Waals surface area contributed by atoms with Crippen LogP contribution in [0.4, 0.5) is 0 Å². The van der Waals surface area contributed by atoms with E-state index in [2.05, 4.69) is 0 Å². The molecule has 0 aromatic carbocycles. The van der Waals surface area contributed by atoms with E-state index < -0.39 is 45.9 Å². The number of rotatable bonds is 0. The van der Waals surface area contributed by atoms with Crippen LogP contribution in [0.1, 0.15) is 0 Å². The summed E-state index contributed by atoms with van der Waals surface area (Å²) in [6, 6.07) is 0. The van der Waals surface area contributed by atoms with Gasteiger partial charge in [0.2, 0.25) is 0 Å². The van der Waals surface area contributed by atoms with Crippen LogP contribution in [0.3, 0.4) is 0 Å². The molecule has 23 heavy (non-hydrogen) atoms. The summed E-state index contributed by atoms with van der Waals surface area (Å²) in [5.74, 6) is 0. The standard InChI is InChI=1S/3Na.5H2O3Si.3H/c;;;5*1-4(2)3;;;/h;;;5*1-2H;;;. The third-order valence-corrected chi connectivity index (χ3v) is 0. The normalized spacial score (nSPS) is 5.22. The van der Waals surface area contributed by atoms with Crippen LogP contribution in [0.2, 0.25) is 0 Å². The van der Waals surface area contributed by atoms with Crippen molar-refractivity contribution in [2.75, 3.05) is 0 Å². The van der Waals surface area contributed by atoms with Gasteiger partial charge in [-0.1, -0.05) is 0 Å². The van der Waals surface area contributed by atoms with Crippen molar-refractivity contribution in [2.45, 2.75) is 0 Å². The summed E-state index contributed by atoms with van der Waals surface area (Å²) in [5, 5.41) is 0. The molecule has 0 atom stereocenters. The molecule has 0 unspecified atom stereocenters. The third-order valence-electron chi connectivity index (χ3n) is 0. The first-order valence-corrected chi connectivity index (χ1v) is 9.77. The van der Waals surface area contributed by atoms with E-state index in [1.165, 1.54) is 0 Å². The van der Waals surface area contributed by atoms with Crippen LogP contribution >= 0.6 is 0 Å². The fourth-order valence-electron chi connectivity index (χ4n) is 0. The summed E-state index contributed by atoms with van der Waals surface area (Å²) in [7, 11) is -15.6. The van der Waals surface area contributed by atoms with Gasteiger partial charge in [-0.05, 0) is 0 Å². The van der Waals surface area contributed by atoms with Crippen LogP contribution in [0.25, 0.3) is 0 Å². The SMILES string of the molecule is O=[Si](O)O.O=[Si](O)O.O=[Si](O)O.O=[Si](O)O.O=[Si](O)O.[NaH].[NaH].[NaH]. The second-order valence-electron chi connectivity index (χ2n) is 1.41. The molecule has 23 heteroatoms. The van der Waals surface area contributed by atoms with Crippen molar-refractivity contribution >= 4 is 135 Å². The van der Waals surface area contributed by atoms with Crippen molar-refractivity contribution in [3.05, 3.63) is 0 Å². The van der Waals surface area contributed by atoms with E-state index in [1.807, 2.05) is 0 Å². The molecule has 0 rings (SSSR count). The predicted octanol–water partition coefficient (Wildman–Crippen LogP) is -10.0. The Balaban J connectivity index is -0.0000000197. The maximum atomic E-state index is 8.74. The molecular weight excluding hydrogens is 449 g/mol. The second kappa shape index (κ2) is 43.5. The third kappa shape index (κ3) is 8730. The minimum absolute atomic E-state index is 0. The topological polar surface area (TPSA) is 288 Å². The Morgan fingerprint density at radius 2 is 0.304 bits per heavy atom. The molecule has 0 saturated heterocycles. The van der Waals surface area contributed by atoms with E-state index in [9.17, 15) is 0 Å². The van der Waals surface area contributed by atoms with Gasteiger partial charge in [0.15, 0.2) is 0 Å². The summed E-state index contributed by atoms with van der Waals surface area (Å²) >= 11 is 0. The van der Waals surface area contributed by atoms with Gasteiger partial charge in [0.25, 0.3) is 0 Å². The van der Waals surface area contributed by atoms with Gasteiger partial charge in [0.1, 0.15) is 0 Å². The van der Waals surface area contributed by atoms with Crippen molar-refractivity contribution in [2.24, 2.45) is 0 Å². The van der Waals surface area contributed by atoms with E-state index in [0.717, 1.165) is 0 Å². The summed E-state index contributed by atoms with van der Waals surface area (Å²) in [4.78, 5) is 71.6. The van der Waals surface area contributed by atoms with Gasteiger partial charge >= 0.3 is 135 Å². The monoisotopic (exact) mass is 462 g/mol. The van der Waals surface area contributed by atoms with Crippen molar-refractivity contribution in [3.8, 4) is 0 Å². The van der Waals surface area contributed by atoms with Gasteiger partial charge in [-0.25, -0.2) is 0 Å². The second-order valence-corrected chi connectivity index (χ2v) is 4.24. The molecule has 0 bridgehead atoms. The first-order chi connectivity index (χ1) is 8.66. The van der Waals surface area contributed by atoms with Gasteiger partial charge in [0.05, 0.1) is 0 Å². The average Bonchev–Trinajstić information content (AvgIpc) is 1.94. The van der Waals surface area contributed by atoms with Crippen molar-refractivity contribution < 1.29 is 70.3 Å². The van der Waals surface area contributed by atoms with E-state index in [1.54, 1.807) is 0 Å². The predicted molar refractivity (Wildman–Crippen MR) is 75.8 cm³/mol. The van der Waals surface area contributed by atoms with E-state index in [0.29, 0.717) is 0 Å². The van der Waals surface area contributed by atoms with Gasteiger partial charge in [-0.15, -0.1) is 0 Å². The van der Waals surface area contributed by atoms with Crippen LogP contribution < -0.4 is 0 Å². The van der Waals surface area contributed by atoms with Crippen LogP contribution in [0.5, 0.6) is 0 Å². The molecule has 0 radical (unpaired) electrons. The molecule has 0 fully saturated rings. The Morgan fingerprint density at radius 1 is 0.304 bits per heavy atom. The van der Waals surface area contributed by atoms with Crippen molar-refractivity contribution in [3.63, 3.8) is 0 Å². The molecule has 0 aromatic heterocycles. The zero-order valence-electron chi connectivity index (χ0n) is 9.01. The van der Waals surface area contributed by atoms with Crippen molar-refractivity contribution in [1.29, 1.82) is 0 Å². The van der Waals surface area contributed by atoms with Gasteiger partial charge in [-0.2, -0.15) is 0 Å². The first kappa shape index (κ1) is 49.6. The fourth-order valence-corrected chi connectivity index (χ4v) is 0. The van der Waals surface area contributed by atoms with Gasteiger partial charge in [-0.3, -0.25) is 22.3 Å². The molecule has 0 aromatic rings. The molecule has 10 N–H and O–H groups in total. The van der Waals surface area contributed by atoms with E-state index in [4.69, 9.17) is 70.3 Å². The van der Waals surface area contributed by atoms with E-state index in [-0.39, 0.29) is 88.7 Å². The Morgan fingerprint density at radius 3 is 0.304 bits per heavy atom. The summed E-state index contributed by atoms with van der Waals surface area (Å²) in [6.45, 7) is 0. The number of hydrogen-bond donors (Lipinski definition) is 10. The Labute approximate surface area is 202 Å². The van der Waals surface area contributed by atoms with Gasteiger partial charge in [0, 0.05) is 0 Å². The average molecular weight is 462 g/mol. The molecule has 0 amide bonds. The Bertz CT molecular complexity index is 214. The van der Waals surface area contributed by atoms with Gasteiger partial charge < -0.3 is 48.0 Å². The van der Waals surface area contributed by atoms with Crippen LogP contribution in [-0.4, -0.2) is 182 Å². The van der Waals surface area contributed by atoms with Crippen LogP contribution in [-0.2, 0) is 22.3 Å². The minimum atomic E-state index is -3.13. The van der Waals surface area contributed by atoms with Crippen molar-refractivity contribution in [1.82, 2.24) is 0 Å². The Hall–Kier alpha value is 1.08. The molecule has 0 spiro atoms. The summed E-state index contributed by atoms with van der Waals surface area (Å²) in [6.07, 6.45) is 0. The molecule has 126 valence electrons. The quantitative estimate of drug-likeness (QED) is 0.149.